The molecule has 0 unspecified atom stereocenters. The van der Waals surface area contributed by atoms with Gasteiger partial charge in [-0.05, 0) is 50.9 Å². The minimum atomic E-state index is -3.44. The Morgan fingerprint density at radius 1 is 1.24 bits per heavy atom. The van der Waals surface area contributed by atoms with E-state index in [1.165, 1.54) is 0 Å². The van der Waals surface area contributed by atoms with Gasteiger partial charge in [0, 0.05) is 19.1 Å². The Hall–Kier alpha value is -0.910. The Labute approximate surface area is 129 Å². The van der Waals surface area contributed by atoms with Crippen LogP contribution in [0.3, 0.4) is 0 Å². The lowest BCUT2D eigenvalue weighted by atomic mass is 10.1. The number of sulfonamides is 1. The average Bonchev–Trinajstić information content (AvgIpc) is 2.43. The van der Waals surface area contributed by atoms with Gasteiger partial charge in [0.05, 0.1) is 4.90 Å². The Morgan fingerprint density at radius 3 is 2.43 bits per heavy atom. The summed E-state index contributed by atoms with van der Waals surface area (Å²) in [6.45, 7) is 11.8. The Morgan fingerprint density at radius 2 is 1.90 bits per heavy atom. The first-order chi connectivity index (χ1) is 9.84. The third-order valence-electron chi connectivity index (χ3n) is 3.44. The summed E-state index contributed by atoms with van der Waals surface area (Å²) in [5.74, 6) is 0. The van der Waals surface area contributed by atoms with Crippen LogP contribution in [0.5, 0.6) is 0 Å². The quantitative estimate of drug-likeness (QED) is 0.803. The number of rotatable bonds is 8. The van der Waals surface area contributed by atoms with Crippen molar-refractivity contribution in [2.45, 2.75) is 58.5 Å². The molecule has 1 N–H and O–H groups in total. The number of hydrogen-bond acceptors (Lipinski definition) is 3. The minimum absolute atomic E-state index is 0.0354. The van der Waals surface area contributed by atoms with E-state index in [0.29, 0.717) is 18.0 Å². The third kappa shape index (κ3) is 4.53. The van der Waals surface area contributed by atoms with Crippen molar-refractivity contribution in [3.05, 3.63) is 29.3 Å². The predicted molar refractivity (Wildman–Crippen MR) is 87.9 cm³/mol. The molecule has 0 saturated heterocycles. The molecule has 0 radical (unpaired) electrons. The summed E-state index contributed by atoms with van der Waals surface area (Å²) in [5, 5.41) is 3.23. The van der Waals surface area contributed by atoms with Gasteiger partial charge in [-0.15, -0.1) is 0 Å². The average molecular weight is 312 g/mol. The van der Waals surface area contributed by atoms with Crippen LogP contribution in [0, 0.1) is 6.92 Å². The summed E-state index contributed by atoms with van der Waals surface area (Å²) in [6.07, 6.45) is 0.813. The van der Waals surface area contributed by atoms with E-state index in [9.17, 15) is 8.42 Å². The highest BCUT2D eigenvalue weighted by Crippen LogP contribution is 2.23. The number of nitrogens with zero attached hydrogens (tertiary/aromatic N) is 1. The second-order valence-electron chi connectivity index (χ2n) is 5.59. The zero-order valence-electron chi connectivity index (χ0n) is 13.8. The molecule has 4 nitrogen and oxygen atoms in total. The molecular weight excluding hydrogens is 284 g/mol. The first kappa shape index (κ1) is 18.1. The lowest BCUT2D eigenvalue weighted by Gasteiger charge is -2.26. The molecule has 0 bridgehead atoms. The van der Waals surface area contributed by atoms with Gasteiger partial charge in [0.25, 0.3) is 0 Å². The van der Waals surface area contributed by atoms with Gasteiger partial charge in [0.2, 0.25) is 10.0 Å². The largest absolute Gasteiger partial charge is 0.313 e. The van der Waals surface area contributed by atoms with E-state index in [2.05, 4.69) is 5.32 Å². The van der Waals surface area contributed by atoms with Gasteiger partial charge in [0.1, 0.15) is 0 Å². The van der Waals surface area contributed by atoms with Crippen molar-refractivity contribution < 1.29 is 8.42 Å². The van der Waals surface area contributed by atoms with Gasteiger partial charge in [-0.2, -0.15) is 4.31 Å². The highest BCUT2D eigenvalue weighted by Gasteiger charge is 2.27. The topological polar surface area (TPSA) is 49.4 Å². The van der Waals surface area contributed by atoms with Crippen molar-refractivity contribution in [1.82, 2.24) is 9.62 Å². The summed E-state index contributed by atoms with van der Waals surface area (Å²) in [4.78, 5) is 0.431. The van der Waals surface area contributed by atoms with Crippen molar-refractivity contribution >= 4 is 10.0 Å². The molecule has 0 spiro atoms. The van der Waals surface area contributed by atoms with E-state index in [0.717, 1.165) is 24.1 Å². The molecule has 0 atom stereocenters. The van der Waals surface area contributed by atoms with Crippen LogP contribution in [0.25, 0.3) is 0 Å². The molecule has 0 aliphatic rings. The monoisotopic (exact) mass is 312 g/mol. The van der Waals surface area contributed by atoms with Crippen molar-refractivity contribution in [3.63, 3.8) is 0 Å². The molecule has 5 heteroatoms. The maximum absolute atomic E-state index is 12.9. The number of nitrogens with one attached hydrogen (secondary N) is 1. The van der Waals surface area contributed by atoms with Crippen molar-refractivity contribution in [1.29, 1.82) is 0 Å². The van der Waals surface area contributed by atoms with E-state index in [1.54, 1.807) is 10.4 Å². The first-order valence-electron chi connectivity index (χ1n) is 7.66. The zero-order valence-corrected chi connectivity index (χ0v) is 14.6. The van der Waals surface area contributed by atoms with Gasteiger partial charge in [-0.25, -0.2) is 8.42 Å². The number of benzene rings is 1. The molecule has 0 saturated carbocycles. The maximum Gasteiger partial charge on any atom is 0.243 e. The molecule has 0 heterocycles. The van der Waals surface area contributed by atoms with Crippen LogP contribution in [0.4, 0.5) is 0 Å². The molecule has 1 aromatic rings. The fourth-order valence-corrected chi connectivity index (χ4v) is 4.31. The van der Waals surface area contributed by atoms with Crippen LogP contribution in [-0.2, 0) is 16.6 Å². The highest BCUT2D eigenvalue weighted by molar-refractivity contribution is 7.89. The standard InChI is InChI=1S/C16H28N2O2S/c1-6-10-18(13(3)4)21(19,20)16-11-15(12-17-7-2)9-8-14(16)5/h8-9,11,13,17H,6-7,10,12H2,1-5H3. The molecule has 1 aromatic carbocycles. The van der Waals surface area contributed by atoms with Crippen molar-refractivity contribution in [2.24, 2.45) is 0 Å². The Bertz CT molecular complexity index is 553. The van der Waals surface area contributed by atoms with Gasteiger partial charge >= 0.3 is 0 Å². The van der Waals surface area contributed by atoms with Crippen molar-refractivity contribution in [2.75, 3.05) is 13.1 Å². The van der Waals surface area contributed by atoms with Crippen LogP contribution in [0.15, 0.2) is 23.1 Å². The van der Waals surface area contributed by atoms with Crippen LogP contribution in [0.1, 0.15) is 45.2 Å². The zero-order chi connectivity index (χ0) is 16.0. The summed E-state index contributed by atoms with van der Waals surface area (Å²) in [7, 11) is -3.44. The van der Waals surface area contributed by atoms with E-state index < -0.39 is 10.0 Å². The van der Waals surface area contributed by atoms with E-state index in [-0.39, 0.29) is 6.04 Å². The normalized spacial score (nSPS) is 12.3. The molecule has 21 heavy (non-hydrogen) atoms. The smallest absolute Gasteiger partial charge is 0.243 e. The van der Waals surface area contributed by atoms with Crippen LogP contribution < -0.4 is 5.32 Å². The Balaban J connectivity index is 3.22. The SMILES string of the molecule is CCCN(C(C)C)S(=O)(=O)c1cc(CNCC)ccc1C. The molecule has 1 rings (SSSR count). The summed E-state index contributed by atoms with van der Waals surface area (Å²) >= 11 is 0. The molecule has 0 fully saturated rings. The van der Waals surface area contributed by atoms with Crippen LogP contribution >= 0.6 is 0 Å². The third-order valence-corrected chi connectivity index (χ3v) is 5.66. The lowest BCUT2D eigenvalue weighted by Crippen LogP contribution is -2.37. The van der Waals surface area contributed by atoms with Gasteiger partial charge < -0.3 is 5.32 Å². The molecular formula is C16H28N2O2S. The maximum atomic E-state index is 12.9. The van der Waals surface area contributed by atoms with Crippen molar-refractivity contribution in [3.8, 4) is 0 Å². The van der Waals surface area contributed by atoms with E-state index >= 15 is 0 Å². The van der Waals surface area contributed by atoms with Gasteiger partial charge in [-0.3, -0.25) is 0 Å². The fraction of sp³-hybridized carbons (Fsp3) is 0.625. The summed E-state index contributed by atoms with van der Waals surface area (Å²) in [6, 6.07) is 5.64. The highest BCUT2D eigenvalue weighted by atomic mass is 32.2. The second kappa shape index (κ2) is 7.92. The molecule has 0 aliphatic heterocycles. The molecule has 0 aromatic heterocycles. The summed E-state index contributed by atoms with van der Waals surface area (Å²) in [5.41, 5.74) is 1.80. The Kier molecular flexibility index (Phi) is 6.84. The van der Waals surface area contributed by atoms with E-state index in [4.69, 9.17) is 0 Å². The van der Waals surface area contributed by atoms with Gasteiger partial charge in [0.15, 0.2) is 0 Å². The molecule has 120 valence electrons. The number of aryl methyl sites for hydroxylation is 1. The first-order valence-corrected chi connectivity index (χ1v) is 9.10. The summed E-state index contributed by atoms with van der Waals surface area (Å²) < 4.78 is 27.4. The number of hydrogen-bond donors (Lipinski definition) is 1. The fourth-order valence-electron chi connectivity index (χ4n) is 2.30. The van der Waals surface area contributed by atoms with E-state index in [1.807, 2.05) is 46.8 Å². The molecule has 0 aliphatic carbocycles. The minimum Gasteiger partial charge on any atom is -0.313 e. The van der Waals surface area contributed by atoms with Crippen LogP contribution in [0.2, 0.25) is 0 Å². The van der Waals surface area contributed by atoms with Crippen LogP contribution in [-0.4, -0.2) is 31.9 Å². The molecule has 0 amide bonds. The van der Waals surface area contributed by atoms with Gasteiger partial charge in [-0.1, -0.05) is 26.0 Å². The lowest BCUT2D eigenvalue weighted by molar-refractivity contribution is 0.354. The predicted octanol–water partition coefficient (Wildman–Crippen LogP) is 2.91. The second-order valence-corrected chi connectivity index (χ2v) is 7.45.